The number of carbonyl (C=O) groups is 1. The molecular formula is C28H31N3OS. The van der Waals surface area contributed by atoms with E-state index in [1.54, 1.807) is 11.3 Å². The summed E-state index contributed by atoms with van der Waals surface area (Å²) >= 11 is 1.70. The Labute approximate surface area is 200 Å². The first-order valence-electron chi connectivity index (χ1n) is 11.5. The summed E-state index contributed by atoms with van der Waals surface area (Å²) in [6.45, 7) is 10.1. The third kappa shape index (κ3) is 5.65. The molecule has 0 spiro atoms. The van der Waals surface area contributed by atoms with Gasteiger partial charge in [-0.3, -0.25) is 4.79 Å². The quantitative estimate of drug-likeness (QED) is 0.422. The number of hydrogen-bond donors (Lipinski definition) is 3. The van der Waals surface area contributed by atoms with Crippen LogP contribution < -0.4 is 16.0 Å². The molecule has 2 aromatic carbocycles. The molecule has 1 aliphatic heterocycles. The summed E-state index contributed by atoms with van der Waals surface area (Å²) in [4.78, 5) is 14.3. The summed E-state index contributed by atoms with van der Waals surface area (Å²) in [6.07, 6.45) is 0. The number of nitrogens with one attached hydrogen (secondary N) is 3. The molecule has 1 saturated heterocycles. The highest BCUT2D eigenvalue weighted by molar-refractivity contribution is 7.13. The van der Waals surface area contributed by atoms with Gasteiger partial charge in [0.1, 0.15) is 0 Å². The van der Waals surface area contributed by atoms with Gasteiger partial charge >= 0.3 is 0 Å². The van der Waals surface area contributed by atoms with Crippen LogP contribution in [0.1, 0.15) is 53.9 Å². The molecule has 1 aliphatic rings. The average molecular weight is 458 g/mol. The molecular weight excluding hydrogens is 426 g/mol. The molecule has 0 saturated carbocycles. The minimum Gasteiger partial charge on any atom is -0.380 e. The first kappa shape index (κ1) is 23.1. The monoisotopic (exact) mass is 457 g/mol. The second-order valence-corrected chi connectivity index (χ2v) is 9.88. The van der Waals surface area contributed by atoms with Gasteiger partial charge in [0.25, 0.3) is 5.91 Å². The maximum absolute atomic E-state index is 13.2. The molecule has 3 N–H and O–H groups in total. The third-order valence-corrected chi connectivity index (χ3v) is 6.71. The van der Waals surface area contributed by atoms with E-state index in [0.717, 1.165) is 41.0 Å². The van der Waals surface area contributed by atoms with Crippen molar-refractivity contribution in [2.75, 3.05) is 18.4 Å². The fraction of sp³-hybridized carbons (Fsp3) is 0.321. The Balaban J connectivity index is 1.55. The Hall–Kier alpha value is -3.07. The topological polar surface area (TPSA) is 53.2 Å². The van der Waals surface area contributed by atoms with Gasteiger partial charge in [-0.15, -0.1) is 11.3 Å². The number of rotatable bonds is 6. The van der Waals surface area contributed by atoms with Gasteiger partial charge in [0, 0.05) is 46.3 Å². The lowest BCUT2D eigenvalue weighted by Gasteiger charge is -2.29. The Morgan fingerprint density at radius 1 is 1.12 bits per heavy atom. The van der Waals surface area contributed by atoms with E-state index in [-0.39, 0.29) is 11.9 Å². The molecule has 0 aliphatic carbocycles. The molecule has 1 unspecified atom stereocenters. The minimum atomic E-state index is -0.129. The number of benzene rings is 2. The highest BCUT2D eigenvalue weighted by atomic mass is 32.1. The van der Waals surface area contributed by atoms with Crippen LogP contribution in [0.15, 0.2) is 53.9 Å². The van der Waals surface area contributed by atoms with Gasteiger partial charge in [-0.25, -0.2) is 0 Å². The van der Waals surface area contributed by atoms with E-state index in [0.29, 0.717) is 17.5 Å². The van der Waals surface area contributed by atoms with Gasteiger partial charge in [0.2, 0.25) is 0 Å². The van der Waals surface area contributed by atoms with Gasteiger partial charge in [-0.05, 0) is 60.7 Å². The Morgan fingerprint density at radius 2 is 1.94 bits per heavy atom. The van der Waals surface area contributed by atoms with E-state index in [2.05, 4.69) is 77.4 Å². The molecule has 33 heavy (non-hydrogen) atoms. The molecule has 1 amide bonds. The van der Waals surface area contributed by atoms with E-state index >= 15 is 0 Å². The SMILES string of the molecule is Cc1ccc(NC2CNC2)cc1C(=O)NC(C)c1ccc(C#CC(C)C)c(-c2cccs2)c1. The van der Waals surface area contributed by atoms with Crippen molar-refractivity contribution in [2.24, 2.45) is 5.92 Å². The zero-order chi connectivity index (χ0) is 23.4. The van der Waals surface area contributed by atoms with Crippen molar-refractivity contribution in [1.29, 1.82) is 0 Å². The van der Waals surface area contributed by atoms with Gasteiger partial charge in [-0.2, -0.15) is 0 Å². The van der Waals surface area contributed by atoms with E-state index in [4.69, 9.17) is 0 Å². The summed E-state index contributed by atoms with van der Waals surface area (Å²) in [6, 6.07) is 16.8. The highest BCUT2D eigenvalue weighted by Crippen LogP contribution is 2.31. The number of thiophene rings is 1. The van der Waals surface area contributed by atoms with Crippen molar-refractivity contribution in [3.8, 4) is 22.3 Å². The van der Waals surface area contributed by atoms with Crippen molar-refractivity contribution < 1.29 is 4.79 Å². The second kappa shape index (κ2) is 10.2. The molecule has 4 rings (SSSR count). The molecule has 5 heteroatoms. The molecule has 1 fully saturated rings. The smallest absolute Gasteiger partial charge is 0.252 e. The van der Waals surface area contributed by atoms with E-state index in [1.165, 1.54) is 4.88 Å². The first-order chi connectivity index (χ1) is 15.9. The fourth-order valence-corrected chi connectivity index (χ4v) is 4.50. The van der Waals surface area contributed by atoms with Crippen LogP contribution in [0.4, 0.5) is 5.69 Å². The Kier molecular flexibility index (Phi) is 7.17. The second-order valence-electron chi connectivity index (χ2n) is 8.93. The fourth-order valence-electron chi connectivity index (χ4n) is 3.74. The average Bonchev–Trinajstić information content (AvgIpc) is 3.30. The zero-order valence-corrected chi connectivity index (χ0v) is 20.5. The zero-order valence-electron chi connectivity index (χ0n) is 19.7. The highest BCUT2D eigenvalue weighted by Gasteiger charge is 2.19. The van der Waals surface area contributed by atoms with Crippen molar-refractivity contribution in [3.63, 3.8) is 0 Å². The van der Waals surface area contributed by atoms with Crippen molar-refractivity contribution in [2.45, 2.75) is 39.8 Å². The van der Waals surface area contributed by atoms with Crippen molar-refractivity contribution >= 4 is 22.9 Å². The standard InChI is InChI=1S/C28H31N3OS/c1-18(2)7-9-21-10-11-22(14-26(21)27-6-5-13-33-27)20(4)30-28(32)25-15-23(12-8-19(25)3)31-24-16-29-17-24/h5-6,8,10-15,18,20,24,29,31H,16-17H2,1-4H3,(H,30,32). The molecule has 0 radical (unpaired) electrons. The van der Waals surface area contributed by atoms with Crippen LogP contribution in [0.3, 0.4) is 0 Å². The maximum Gasteiger partial charge on any atom is 0.252 e. The van der Waals surface area contributed by atoms with Crippen LogP contribution >= 0.6 is 11.3 Å². The molecule has 3 aromatic rings. The summed E-state index contributed by atoms with van der Waals surface area (Å²) in [5.41, 5.74) is 5.86. The van der Waals surface area contributed by atoms with Gasteiger partial charge < -0.3 is 16.0 Å². The molecule has 4 nitrogen and oxygen atoms in total. The van der Waals surface area contributed by atoms with E-state index < -0.39 is 0 Å². The van der Waals surface area contributed by atoms with Crippen LogP contribution in [0.2, 0.25) is 0 Å². The summed E-state index contributed by atoms with van der Waals surface area (Å²) in [5.74, 6) is 6.86. The largest absolute Gasteiger partial charge is 0.380 e. The third-order valence-electron chi connectivity index (χ3n) is 5.81. The summed E-state index contributed by atoms with van der Waals surface area (Å²) < 4.78 is 0. The maximum atomic E-state index is 13.2. The van der Waals surface area contributed by atoms with Crippen LogP contribution in [0, 0.1) is 24.7 Å². The minimum absolute atomic E-state index is 0.0586. The van der Waals surface area contributed by atoms with Crippen LogP contribution in [-0.2, 0) is 0 Å². The van der Waals surface area contributed by atoms with E-state index in [1.807, 2.05) is 32.0 Å². The van der Waals surface area contributed by atoms with Crippen molar-refractivity contribution in [3.05, 3.63) is 76.2 Å². The Morgan fingerprint density at radius 3 is 2.61 bits per heavy atom. The lowest BCUT2D eigenvalue weighted by Crippen LogP contribution is -2.51. The molecule has 170 valence electrons. The predicted octanol–water partition coefficient (Wildman–Crippen LogP) is 5.61. The number of anilines is 1. The lowest BCUT2D eigenvalue weighted by atomic mass is 9.98. The normalized spacial score (nSPS) is 14.2. The number of amides is 1. The van der Waals surface area contributed by atoms with Crippen molar-refractivity contribution in [1.82, 2.24) is 10.6 Å². The molecule has 0 bridgehead atoms. The lowest BCUT2D eigenvalue weighted by molar-refractivity contribution is 0.0939. The van der Waals surface area contributed by atoms with E-state index in [9.17, 15) is 4.79 Å². The summed E-state index contributed by atoms with van der Waals surface area (Å²) in [7, 11) is 0. The van der Waals surface area contributed by atoms with Gasteiger partial charge in [0.15, 0.2) is 0 Å². The summed E-state index contributed by atoms with van der Waals surface area (Å²) in [5, 5.41) is 12.0. The molecule has 1 atom stereocenters. The van der Waals surface area contributed by atoms with Crippen LogP contribution in [0.25, 0.3) is 10.4 Å². The predicted molar refractivity (Wildman–Crippen MR) is 139 cm³/mol. The number of aryl methyl sites for hydroxylation is 1. The van der Waals surface area contributed by atoms with Crippen LogP contribution in [0.5, 0.6) is 0 Å². The van der Waals surface area contributed by atoms with Gasteiger partial charge in [-0.1, -0.05) is 43.9 Å². The number of hydrogen-bond acceptors (Lipinski definition) is 4. The van der Waals surface area contributed by atoms with Gasteiger partial charge in [0.05, 0.1) is 12.1 Å². The van der Waals surface area contributed by atoms with Crippen LogP contribution in [-0.4, -0.2) is 25.0 Å². The first-order valence-corrected chi connectivity index (χ1v) is 12.4. The molecule has 1 aromatic heterocycles. The number of carbonyl (C=O) groups excluding carboxylic acids is 1. The molecule has 2 heterocycles. The Bertz CT molecular complexity index is 1180.